The Morgan fingerprint density at radius 3 is 2.48 bits per heavy atom. The van der Waals surface area contributed by atoms with Crippen molar-refractivity contribution in [2.75, 3.05) is 0 Å². The van der Waals surface area contributed by atoms with Gasteiger partial charge in [0.2, 0.25) is 0 Å². The second-order valence-corrected chi connectivity index (χ2v) is 9.35. The predicted molar refractivity (Wildman–Crippen MR) is 133 cm³/mol. The lowest BCUT2D eigenvalue weighted by Gasteiger charge is -2.11. The van der Waals surface area contributed by atoms with Crippen molar-refractivity contribution in [2.24, 2.45) is 5.92 Å². The Morgan fingerprint density at radius 1 is 1.00 bits per heavy atom. The molecule has 0 spiro atoms. The van der Waals surface area contributed by atoms with Crippen molar-refractivity contribution in [2.45, 2.75) is 46.7 Å². The number of aromatic carboxylic acids is 1. The molecule has 0 amide bonds. The summed E-state index contributed by atoms with van der Waals surface area (Å²) in [6.07, 6.45) is 2.49. The molecule has 1 aliphatic rings. The third-order valence-corrected chi connectivity index (χ3v) is 7.18. The van der Waals surface area contributed by atoms with E-state index in [-0.39, 0.29) is 0 Å². The van der Waals surface area contributed by atoms with Crippen LogP contribution in [0.15, 0.2) is 48.5 Å². The van der Waals surface area contributed by atoms with Gasteiger partial charge in [0.05, 0.1) is 16.6 Å². The van der Waals surface area contributed by atoms with Crippen LogP contribution in [0.25, 0.3) is 44.2 Å². The highest BCUT2D eigenvalue weighted by Gasteiger charge is 2.27. The Labute approximate surface area is 192 Å². The number of carboxylic acids is 1. The molecule has 1 saturated carbocycles. The summed E-state index contributed by atoms with van der Waals surface area (Å²) in [6, 6.07) is 17.2. The Hall–Kier alpha value is -3.60. The molecule has 166 valence electrons. The van der Waals surface area contributed by atoms with Crippen LogP contribution in [-0.4, -0.2) is 25.2 Å². The van der Waals surface area contributed by atoms with E-state index in [0.29, 0.717) is 11.5 Å². The van der Waals surface area contributed by atoms with Gasteiger partial charge in [-0.2, -0.15) is 0 Å². The van der Waals surface area contributed by atoms with E-state index in [4.69, 9.17) is 4.98 Å². The molecule has 1 N–H and O–H groups in total. The number of hydrogen-bond donors (Lipinski definition) is 1. The SMILES string of the molecule is CCn1c2ccccc2c2cc(-c3nc4c(C)c(C(=O)O)c(C)cc4n3CC3CC3)ccc21. The second kappa shape index (κ2) is 7.20. The first kappa shape index (κ1) is 20.0. The summed E-state index contributed by atoms with van der Waals surface area (Å²) >= 11 is 0. The number of fused-ring (bicyclic) bond motifs is 4. The van der Waals surface area contributed by atoms with E-state index in [1.54, 1.807) is 0 Å². The lowest BCUT2D eigenvalue weighted by atomic mass is 10.0. The standard InChI is InChI=1S/C28H27N3O2/c1-4-30-22-8-6-5-7-20(22)21-14-19(11-12-23(21)30)27-29-26-17(3)25(28(32)33)16(2)13-24(26)31(27)15-18-9-10-18/h5-8,11-14,18H,4,9-10,15H2,1-3H3,(H,32,33). The molecule has 2 heterocycles. The number of carboxylic acid groups (broad SMARTS) is 1. The van der Waals surface area contributed by atoms with Gasteiger partial charge in [-0.3, -0.25) is 0 Å². The van der Waals surface area contributed by atoms with Gasteiger partial charge in [-0.25, -0.2) is 9.78 Å². The normalized spacial score (nSPS) is 14.0. The molecular weight excluding hydrogens is 410 g/mol. The highest BCUT2D eigenvalue weighted by Crippen LogP contribution is 2.38. The number of carbonyl (C=O) groups is 1. The quantitative estimate of drug-likeness (QED) is 0.339. The van der Waals surface area contributed by atoms with Crippen LogP contribution in [0.1, 0.15) is 41.3 Å². The summed E-state index contributed by atoms with van der Waals surface area (Å²) in [4.78, 5) is 17.0. The highest BCUT2D eigenvalue weighted by molar-refractivity contribution is 6.09. The van der Waals surface area contributed by atoms with E-state index in [2.05, 4.69) is 58.5 Å². The molecule has 33 heavy (non-hydrogen) atoms. The van der Waals surface area contributed by atoms with E-state index < -0.39 is 5.97 Å². The lowest BCUT2D eigenvalue weighted by Crippen LogP contribution is -2.05. The predicted octanol–water partition coefficient (Wildman–Crippen LogP) is 6.56. The third kappa shape index (κ3) is 2.99. The maximum absolute atomic E-state index is 11.9. The van der Waals surface area contributed by atoms with Crippen LogP contribution < -0.4 is 0 Å². The largest absolute Gasteiger partial charge is 0.478 e. The first-order valence-corrected chi connectivity index (χ1v) is 11.7. The Kier molecular flexibility index (Phi) is 4.37. The van der Waals surface area contributed by atoms with Crippen molar-refractivity contribution < 1.29 is 9.90 Å². The topological polar surface area (TPSA) is 60.1 Å². The fraction of sp³-hybridized carbons (Fsp3) is 0.286. The van der Waals surface area contributed by atoms with Gasteiger partial charge in [-0.1, -0.05) is 18.2 Å². The Morgan fingerprint density at radius 2 is 1.76 bits per heavy atom. The average Bonchev–Trinajstić information content (AvgIpc) is 3.47. The van der Waals surface area contributed by atoms with Gasteiger partial charge in [0.1, 0.15) is 5.82 Å². The number of para-hydroxylation sites is 1. The van der Waals surface area contributed by atoms with Crippen molar-refractivity contribution in [3.05, 3.63) is 65.2 Å². The Bertz CT molecular complexity index is 1580. The monoisotopic (exact) mass is 437 g/mol. The molecule has 0 aliphatic heterocycles. The van der Waals surface area contributed by atoms with Crippen molar-refractivity contribution in [1.29, 1.82) is 0 Å². The summed E-state index contributed by atoms with van der Waals surface area (Å²) in [7, 11) is 0. The summed E-state index contributed by atoms with van der Waals surface area (Å²) in [5.74, 6) is 0.711. The van der Waals surface area contributed by atoms with E-state index in [1.807, 2.05) is 19.9 Å². The van der Waals surface area contributed by atoms with Gasteiger partial charge in [0, 0.05) is 40.5 Å². The molecule has 2 aromatic heterocycles. The van der Waals surface area contributed by atoms with Crippen molar-refractivity contribution in [1.82, 2.24) is 14.1 Å². The van der Waals surface area contributed by atoms with Crippen LogP contribution in [0.2, 0.25) is 0 Å². The number of imidazole rings is 1. The number of rotatable bonds is 5. The average molecular weight is 438 g/mol. The molecule has 6 rings (SSSR count). The Balaban J connectivity index is 1.64. The molecule has 0 atom stereocenters. The van der Waals surface area contributed by atoms with Crippen molar-refractivity contribution in [3.8, 4) is 11.4 Å². The van der Waals surface area contributed by atoms with Crippen molar-refractivity contribution in [3.63, 3.8) is 0 Å². The number of aryl methyl sites for hydroxylation is 3. The number of aromatic nitrogens is 3. The molecule has 1 fully saturated rings. The second-order valence-electron chi connectivity index (χ2n) is 9.35. The smallest absolute Gasteiger partial charge is 0.336 e. The van der Waals surface area contributed by atoms with E-state index in [9.17, 15) is 9.90 Å². The molecule has 5 aromatic rings. The van der Waals surface area contributed by atoms with Crippen LogP contribution in [0.3, 0.4) is 0 Å². The molecule has 0 radical (unpaired) electrons. The minimum absolute atomic E-state index is 0.367. The van der Waals surface area contributed by atoms with Gasteiger partial charge in [0.15, 0.2) is 0 Å². The first-order valence-electron chi connectivity index (χ1n) is 11.7. The zero-order valence-electron chi connectivity index (χ0n) is 19.2. The summed E-state index contributed by atoms with van der Waals surface area (Å²) < 4.78 is 4.67. The maximum atomic E-state index is 11.9. The van der Waals surface area contributed by atoms with E-state index in [1.165, 1.54) is 34.6 Å². The molecule has 0 unspecified atom stereocenters. The van der Waals surface area contributed by atoms with Gasteiger partial charge < -0.3 is 14.2 Å². The lowest BCUT2D eigenvalue weighted by molar-refractivity contribution is 0.0695. The highest BCUT2D eigenvalue weighted by atomic mass is 16.4. The number of benzene rings is 3. The maximum Gasteiger partial charge on any atom is 0.336 e. The van der Waals surface area contributed by atoms with Gasteiger partial charge in [-0.15, -0.1) is 0 Å². The molecule has 1 aliphatic carbocycles. The minimum atomic E-state index is -0.890. The van der Waals surface area contributed by atoms with Crippen LogP contribution in [0.4, 0.5) is 0 Å². The summed E-state index contributed by atoms with van der Waals surface area (Å²) in [5.41, 5.74) is 7.29. The molecule has 0 saturated heterocycles. The van der Waals surface area contributed by atoms with Crippen LogP contribution in [0.5, 0.6) is 0 Å². The summed E-state index contributed by atoms with van der Waals surface area (Å²) in [5, 5.41) is 12.2. The van der Waals surface area contributed by atoms with Crippen LogP contribution >= 0.6 is 0 Å². The van der Waals surface area contributed by atoms with Crippen LogP contribution in [-0.2, 0) is 13.1 Å². The van der Waals surface area contributed by atoms with Crippen molar-refractivity contribution >= 4 is 38.8 Å². The third-order valence-electron chi connectivity index (χ3n) is 7.18. The van der Waals surface area contributed by atoms with E-state index in [0.717, 1.165) is 46.6 Å². The van der Waals surface area contributed by atoms with Gasteiger partial charge >= 0.3 is 5.97 Å². The first-order chi connectivity index (χ1) is 16.0. The number of nitrogens with zero attached hydrogens (tertiary/aromatic N) is 3. The van der Waals surface area contributed by atoms with Crippen LogP contribution in [0, 0.1) is 19.8 Å². The molecular formula is C28H27N3O2. The van der Waals surface area contributed by atoms with Gasteiger partial charge in [0.25, 0.3) is 0 Å². The van der Waals surface area contributed by atoms with E-state index >= 15 is 0 Å². The fourth-order valence-electron chi connectivity index (χ4n) is 5.41. The summed E-state index contributed by atoms with van der Waals surface area (Å²) in [6.45, 7) is 7.79. The minimum Gasteiger partial charge on any atom is -0.478 e. The number of hydrogen-bond acceptors (Lipinski definition) is 2. The molecule has 5 heteroatoms. The van der Waals surface area contributed by atoms with Gasteiger partial charge in [-0.05, 0) is 81.0 Å². The fourth-order valence-corrected chi connectivity index (χ4v) is 5.41. The molecule has 0 bridgehead atoms. The zero-order valence-corrected chi connectivity index (χ0v) is 19.2. The molecule has 3 aromatic carbocycles. The zero-order chi connectivity index (χ0) is 22.9. The molecule has 5 nitrogen and oxygen atoms in total.